The molecule has 4 heteroatoms. The van der Waals surface area contributed by atoms with Crippen LogP contribution in [0.15, 0.2) is 12.1 Å². The van der Waals surface area contributed by atoms with Crippen molar-refractivity contribution in [2.45, 2.75) is 45.4 Å². The minimum absolute atomic E-state index is 0.0789. The fourth-order valence-electron chi connectivity index (χ4n) is 2.31. The highest BCUT2D eigenvalue weighted by Gasteiger charge is 2.36. The molecule has 0 saturated heterocycles. The first kappa shape index (κ1) is 12.9. The van der Waals surface area contributed by atoms with Crippen molar-refractivity contribution in [3.63, 3.8) is 0 Å². The van der Waals surface area contributed by atoms with E-state index >= 15 is 0 Å². The number of nitro benzene ring substituents is 1. The molecule has 0 amide bonds. The lowest BCUT2D eigenvalue weighted by molar-refractivity contribution is -0.386. The van der Waals surface area contributed by atoms with E-state index in [0.717, 1.165) is 11.1 Å². The standard InChI is InChI=1S/C14H19NO3/c1-13(2,3)9-6-10-12(7-11(9)15(16)17)18-8-14(10,4)5/h6-7H,8H2,1-5H3. The number of nitro groups is 1. The Kier molecular flexibility index (Phi) is 2.65. The van der Waals surface area contributed by atoms with Crippen molar-refractivity contribution in [3.05, 3.63) is 33.4 Å². The Hall–Kier alpha value is -1.58. The SMILES string of the molecule is CC(C)(C)c1cc2c(cc1[N+](=O)[O-])OCC2(C)C. The Bertz CT molecular complexity index is 513. The molecule has 0 unspecified atom stereocenters. The zero-order chi connectivity index (χ0) is 13.7. The summed E-state index contributed by atoms with van der Waals surface area (Å²) in [4.78, 5) is 10.9. The van der Waals surface area contributed by atoms with E-state index in [4.69, 9.17) is 4.74 Å². The Balaban J connectivity index is 2.69. The van der Waals surface area contributed by atoms with Gasteiger partial charge in [-0.25, -0.2) is 0 Å². The first-order chi connectivity index (χ1) is 8.13. The molecule has 1 aliphatic heterocycles. The zero-order valence-electron chi connectivity index (χ0n) is 11.5. The molecule has 0 radical (unpaired) electrons. The van der Waals surface area contributed by atoms with Crippen molar-refractivity contribution in [3.8, 4) is 5.75 Å². The van der Waals surface area contributed by atoms with E-state index in [1.54, 1.807) is 6.07 Å². The maximum atomic E-state index is 11.2. The van der Waals surface area contributed by atoms with E-state index < -0.39 is 0 Å². The van der Waals surface area contributed by atoms with Crippen LogP contribution >= 0.6 is 0 Å². The number of hydrogen-bond donors (Lipinski definition) is 0. The maximum absolute atomic E-state index is 11.2. The fourth-order valence-corrected chi connectivity index (χ4v) is 2.31. The molecule has 0 atom stereocenters. The van der Waals surface area contributed by atoms with E-state index in [-0.39, 0.29) is 21.4 Å². The van der Waals surface area contributed by atoms with E-state index in [1.165, 1.54) is 0 Å². The van der Waals surface area contributed by atoms with Gasteiger partial charge < -0.3 is 4.74 Å². The van der Waals surface area contributed by atoms with Crippen LogP contribution in [0.4, 0.5) is 5.69 Å². The molecule has 2 rings (SSSR count). The predicted octanol–water partition coefficient (Wildman–Crippen LogP) is 3.56. The average Bonchev–Trinajstić information content (AvgIpc) is 2.52. The van der Waals surface area contributed by atoms with E-state index in [0.29, 0.717) is 12.4 Å². The zero-order valence-corrected chi connectivity index (χ0v) is 11.5. The van der Waals surface area contributed by atoms with Crippen LogP contribution in [0, 0.1) is 10.1 Å². The lowest BCUT2D eigenvalue weighted by atomic mass is 9.80. The number of rotatable bonds is 1. The van der Waals surface area contributed by atoms with E-state index in [9.17, 15) is 10.1 Å². The van der Waals surface area contributed by atoms with Crippen LogP contribution in [-0.4, -0.2) is 11.5 Å². The Morgan fingerprint density at radius 3 is 2.44 bits per heavy atom. The molecule has 0 aliphatic carbocycles. The first-order valence-electron chi connectivity index (χ1n) is 6.09. The van der Waals surface area contributed by atoms with E-state index in [2.05, 4.69) is 13.8 Å². The van der Waals surface area contributed by atoms with Crippen LogP contribution in [0.25, 0.3) is 0 Å². The van der Waals surface area contributed by atoms with Crippen LogP contribution in [0.2, 0.25) is 0 Å². The summed E-state index contributed by atoms with van der Waals surface area (Å²) in [5.41, 5.74) is 1.66. The molecule has 1 aliphatic rings. The highest BCUT2D eigenvalue weighted by Crippen LogP contribution is 2.44. The Morgan fingerprint density at radius 2 is 1.94 bits per heavy atom. The summed E-state index contributed by atoms with van der Waals surface area (Å²) in [6, 6.07) is 3.52. The second kappa shape index (κ2) is 3.70. The minimum atomic E-state index is -0.324. The number of ether oxygens (including phenoxy) is 1. The summed E-state index contributed by atoms with van der Waals surface area (Å²) in [5.74, 6) is 0.653. The summed E-state index contributed by atoms with van der Waals surface area (Å²) in [5, 5.41) is 11.2. The number of nitrogens with zero attached hydrogens (tertiary/aromatic N) is 1. The number of hydrogen-bond acceptors (Lipinski definition) is 3. The summed E-state index contributed by atoms with van der Waals surface area (Å²) >= 11 is 0. The quantitative estimate of drug-likeness (QED) is 0.564. The Labute approximate surface area is 107 Å². The van der Waals surface area contributed by atoms with Gasteiger partial charge >= 0.3 is 0 Å². The smallest absolute Gasteiger partial charge is 0.276 e. The van der Waals surface area contributed by atoms with Crippen LogP contribution in [0.3, 0.4) is 0 Å². The van der Waals surface area contributed by atoms with Gasteiger partial charge in [0.1, 0.15) is 5.75 Å². The van der Waals surface area contributed by atoms with Crippen LogP contribution < -0.4 is 4.74 Å². The topological polar surface area (TPSA) is 52.4 Å². The molecule has 0 spiro atoms. The lowest BCUT2D eigenvalue weighted by Crippen LogP contribution is -2.20. The van der Waals surface area contributed by atoms with Gasteiger partial charge in [-0.3, -0.25) is 10.1 Å². The van der Waals surface area contributed by atoms with Crippen molar-refractivity contribution in [1.29, 1.82) is 0 Å². The molecule has 98 valence electrons. The van der Waals surface area contributed by atoms with Crippen molar-refractivity contribution in [2.24, 2.45) is 0 Å². The van der Waals surface area contributed by atoms with Crippen molar-refractivity contribution in [2.75, 3.05) is 6.61 Å². The van der Waals surface area contributed by atoms with Crippen LogP contribution in [0.1, 0.15) is 45.7 Å². The molecule has 4 nitrogen and oxygen atoms in total. The van der Waals surface area contributed by atoms with Gasteiger partial charge in [0.2, 0.25) is 0 Å². The van der Waals surface area contributed by atoms with Gasteiger partial charge in [-0.05, 0) is 11.5 Å². The highest BCUT2D eigenvalue weighted by molar-refractivity contribution is 5.56. The summed E-state index contributed by atoms with van der Waals surface area (Å²) in [7, 11) is 0. The molecule has 0 bridgehead atoms. The van der Waals surface area contributed by atoms with Gasteiger partial charge in [0, 0.05) is 16.5 Å². The molecule has 1 heterocycles. The monoisotopic (exact) mass is 249 g/mol. The lowest BCUT2D eigenvalue weighted by Gasteiger charge is -2.22. The van der Waals surface area contributed by atoms with E-state index in [1.807, 2.05) is 26.8 Å². The normalized spacial score (nSPS) is 17.2. The van der Waals surface area contributed by atoms with Gasteiger partial charge in [0.25, 0.3) is 5.69 Å². The summed E-state index contributed by atoms with van der Waals surface area (Å²) < 4.78 is 5.57. The molecule has 1 aromatic carbocycles. The molecule has 0 fully saturated rings. The summed E-state index contributed by atoms with van der Waals surface area (Å²) in [6.07, 6.45) is 0. The predicted molar refractivity (Wildman–Crippen MR) is 70.3 cm³/mol. The number of fused-ring (bicyclic) bond motifs is 1. The van der Waals surface area contributed by atoms with Gasteiger partial charge in [-0.15, -0.1) is 0 Å². The second-order valence-electron chi connectivity index (χ2n) is 6.55. The van der Waals surface area contributed by atoms with Gasteiger partial charge in [-0.2, -0.15) is 0 Å². The third-order valence-corrected chi connectivity index (χ3v) is 3.42. The molecule has 0 N–H and O–H groups in total. The molecular weight excluding hydrogens is 230 g/mol. The molecule has 1 aromatic rings. The van der Waals surface area contributed by atoms with Gasteiger partial charge in [0.15, 0.2) is 0 Å². The van der Waals surface area contributed by atoms with Crippen LogP contribution in [-0.2, 0) is 10.8 Å². The second-order valence-corrected chi connectivity index (χ2v) is 6.55. The fraction of sp³-hybridized carbons (Fsp3) is 0.571. The molecule has 18 heavy (non-hydrogen) atoms. The minimum Gasteiger partial charge on any atom is -0.492 e. The van der Waals surface area contributed by atoms with Gasteiger partial charge in [-0.1, -0.05) is 34.6 Å². The summed E-state index contributed by atoms with van der Waals surface area (Å²) in [6.45, 7) is 10.7. The molecular formula is C14H19NO3. The third kappa shape index (κ3) is 1.96. The third-order valence-electron chi connectivity index (χ3n) is 3.42. The van der Waals surface area contributed by atoms with Crippen LogP contribution in [0.5, 0.6) is 5.75 Å². The first-order valence-corrected chi connectivity index (χ1v) is 6.09. The van der Waals surface area contributed by atoms with Gasteiger partial charge in [0.05, 0.1) is 17.6 Å². The molecule has 0 saturated carbocycles. The highest BCUT2D eigenvalue weighted by atomic mass is 16.6. The molecule has 0 aromatic heterocycles. The van der Waals surface area contributed by atoms with Crippen molar-refractivity contribution in [1.82, 2.24) is 0 Å². The Morgan fingerprint density at radius 1 is 1.33 bits per heavy atom. The average molecular weight is 249 g/mol. The van der Waals surface area contributed by atoms with Crippen molar-refractivity contribution >= 4 is 5.69 Å². The number of benzene rings is 1. The van der Waals surface area contributed by atoms with Crippen molar-refractivity contribution < 1.29 is 9.66 Å². The maximum Gasteiger partial charge on any atom is 0.276 e. The largest absolute Gasteiger partial charge is 0.492 e.